The maximum absolute atomic E-state index is 10.1. The van der Waals surface area contributed by atoms with Crippen molar-refractivity contribution in [2.75, 3.05) is 28.8 Å². The summed E-state index contributed by atoms with van der Waals surface area (Å²) in [6.07, 6.45) is 11.4. The van der Waals surface area contributed by atoms with Gasteiger partial charge in [0.2, 0.25) is 5.69 Å². The molecule has 106 heavy (non-hydrogen) atoms. The van der Waals surface area contributed by atoms with Crippen molar-refractivity contribution in [2.24, 2.45) is 21.7 Å². The van der Waals surface area contributed by atoms with Crippen molar-refractivity contribution in [3.8, 4) is 44.5 Å². The smallest absolute Gasteiger partial charge is 0.300 e. The summed E-state index contributed by atoms with van der Waals surface area (Å²) in [5.41, 5.74) is 29.6. The van der Waals surface area contributed by atoms with E-state index in [1.165, 1.54) is 79.7 Å². The Hall–Kier alpha value is -10.3. The highest BCUT2D eigenvalue weighted by Crippen LogP contribution is 2.43. The van der Waals surface area contributed by atoms with Crippen molar-refractivity contribution >= 4 is 106 Å². The van der Waals surface area contributed by atoms with E-state index < -0.39 is 5.97 Å². The van der Waals surface area contributed by atoms with E-state index in [-0.39, 0.29) is 60.0 Å². The number of fused-ring (bicyclic) bond motifs is 2. The van der Waals surface area contributed by atoms with Crippen molar-refractivity contribution < 1.29 is 40.1 Å². The lowest BCUT2D eigenvalue weighted by atomic mass is 9.82. The largest absolute Gasteiger partial charge is 0.691 e. The van der Waals surface area contributed by atoms with Gasteiger partial charge in [-0.3, -0.25) is 30.5 Å². The monoisotopic (exact) mass is 1480 g/mol. The number of halogens is 2. The van der Waals surface area contributed by atoms with Crippen LogP contribution < -0.4 is 27.6 Å². The predicted octanol–water partition coefficient (Wildman–Crippen LogP) is 22.0. The highest BCUT2D eigenvalue weighted by molar-refractivity contribution is 7.94. The first-order valence-electron chi connectivity index (χ1n) is 35.1. The number of nitrogens with one attached hydrogen (secondary N) is 2. The van der Waals surface area contributed by atoms with Crippen molar-refractivity contribution in [2.45, 2.75) is 107 Å². The zero-order chi connectivity index (χ0) is 76.4. The Kier molecular flexibility index (Phi) is 40.4. The van der Waals surface area contributed by atoms with Crippen molar-refractivity contribution in [1.82, 2.24) is 0 Å². The number of unbranched alkanes of at least 4 members (excludes halogenated alkanes) is 1. The minimum atomic E-state index is -0.833. The number of nitrogens with two attached hydrogens (primary N) is 2. The number of aliphatic imine (C=N–C) groups is 2. The molecular formula is C89H103Cl2N7O7S. The summed E-state index contributed by atoms with van der Waals surface area (Å²) in [7, 11) is 0. The zero-order valence-electron chi connectivity index (χ0n) is 63.5. The third-order valence-corrected chi connectivity index (χ3v) is 17.2. The summed E-state index contributed by atoms with van der Waals surface area (Å²) in [5, 5.41) is 23.8. The summed E-state index contributed by atoms with van der Waals surface area (Å²) in [5.74, 6) is 5.65. The van der Waals surface area contributed by atoms with E-state index >= 15 is 0 Å². The summed E-state index contributed by atoms with van der Waals surface area (Å²) in [4.78, 5) is 37.8. The number of carboxylic acids is 1. The molecular weight excluding hydrogens is 1380 g/mol. The number of hydrazine groups is 1. The van der Waals surface area contributed by atoms with E-state index in [4.69, 9.17) is 27.8 Å². The third-order valence-electron chi connectivity index (χ3n) is 16.6. The number of benzene rings is 10. The van der Waals surface area contributed by atoms with Crippen molar-refractivity contribution in [1.29, 1.82) is 0 Å². The van der Waals surface area contributed by atoms with Crippen LogP contribution in [0.5, 0.6) is 0 Å². The number of aliphatic carboxylic acids is 1. The van der Waals surface area contributed by atoms with Crippen LogP contribution in [0.25, 0.3) is 44.5 Å². The molecule has 14 nitrogen and oxygen atoms in total. The highest BCUT2D eigenvalue weighted by Gasteiger charge is 2.43. The minimum absolute atomic E-state index is 0. The van der Waals surface area contributed by atoms with Gasteiger partial charge in [-0.05, 0) is 165 Å². The van der Waals surface area contributed by atoms with Gasteiger partial charge in [0, 0.05) is 97.6 Å². The Morgan fingerprint density at radius 1 is 0.585 bits per heavy atom. The Bertz CT molecular complexity index is 4410. The molecule has 10 aromatic rings. The Morgan fingerprint density at radius 3 is 1.49 bits per heavy atom. The molecule has 0 aliphatic carbocycles. The van der Waals surface area contributed by atoms with E-state index in [0.717, 1.165) is 72.5 Å². The quantitative estimate of drug-likeness (QED) is 0.00624. The van der Waals surface area contributed by atoms with Crippen LogP contribution in [0.2, 0.25) is 0 Å². The number of nitrogen functional groups attached to an aromatic ring is 2. The van der Waals surface area contributed by atoms with Crippen LogP contribution in [-0.2, 0) is 34.6 Å². The highest BCUT2D eigenvalue weighted by atomic mass is 35.5. The molecule has 0 bridgehead atoms. The van der Waals surface area contributed by atoms with Gasteiger partial charge in [0.1, 0.15) is 18.1 Å². The molecule has 0 amide bonds. The Morgan fingerprint density at radius 2 is 1.02 bits per heavy atom. The molecule has 0 unspecified atom stereocenters. The van der Waals surface area contributed by atoms with Gasteiger partial charge < -0.3 is 31.6 Å². The molecule has 0 radical (unpaired) electrons. The number of nitrogens with zero attached hydrogens (tertiary/aromatic N) is 3. The summed E-state index contributed by atoms with van der Waals surface area (Å²) in [6, 6.07) is 90.6. The molecule has 0 aromatic heterocycles. The minimum Gasteiger partial charge on any atom is -0.691 e. The normalized spacial score (nSPS) is 12.2. The molecule has 10 aromatic carbocycles. The number of anilines is 3. The number of rotatable bonds is 18. The van der Waals surface area contributed by atoms with E-state index in [1.807, 2.05) is 184 Å². The molecule has 17 heteroatoms. The molecule has 7 N–H and O–H groups in total. The van der Waals surface area contributed by atoms with Gasteiger partial charge in [-0.25, -0.2) is 0 Å². The van der Waals surface area contributed by atoms with Gasteiger partial charge in [0.25, 0.3) is 5.97 Å². The first-order valence-corrected chi connectivity index (χ1v) is 35.3. The summed E-state index contributed by atoms with van der Waals surface area (Å²) in [6.45, 7) is 22.1. The molecule has 0 fully saturated rings. The topological polar surface area (TPSA) is 217 Å². The summed E-state index contributed by atoms with van der Waals surface area (Å²) >= 11 is 1.06. The lowest BCUT2D eigenvalue weighted by Crippen LogP contribution is -2.26. The fourth-order valence-corrected chi connectivity index (χ4v) is 10.7. The van der Waals surface area contributed by atoms with E-state index in [0.29, 0.717) is 0 Å². The number of carbonyl (C=O) groups excluding carboxylic acids is 2. The Balaban J connectivity index is 0.000000334. The number of allylic oxidation sites excluding steroid dienone is 3. The predicted molar refractivity (Wildman–Crippen MR) is 451 cm³/mol. The number of hydrogen-bond acceptors (Lipinski definition) is 13. The fourth-order valence-electron chi connectivity index (χ4n) is 10.3. The first-order chi connectivity index (χ1) is 50.5. The van der Waals surface area contributed by atoms with Crippen LogP contribution in [0, 0.1) is 5.92 Å². The van der Waals surface area contributed by atoms with E-state index in [9.17, 15) is 14.8 Å². The molecule has 0 spiro atoms. The van der Waals surface area contributed by atoms with Crippen LogP contribution in [0.4, 0.5) is 34.1 Å². The summed E-state index contributed by atoms with van der Waals surface area (Å²) < 4.78 is 13.1. The molecule has 2 aliphatic heterocycles. The number of carboxylic acid groups (broad SMARTS) is 1. The lowest BCUT2D eigenvalue weighted by Gasteiger charge is -2.19. The van der Waals surface area contributed by atoms with Crippen molar-refractivity contribution in [3.05, 3.63) is 302 Å². The van der Waals surface area contributed by atoms with E-state index in [1.54, 1.807) is 13.1 Å². The van der Waals surface area contributed by atoms with Crippen molar-refractivity contribution in [3.63, 3.8) is 0 Å². The molecule has 0 saturated heterocycles. The first kappa shape index (κ1) is 88.1. The third kappa shape index (κ3) is 31.6. The second-order valence-electron chi connectivity index (χ2n) is 25.5. The van der Waals surface area contributed by atoms with Gasteiger partial charge in [-0.15, -0.1) is 24.8 Å². The van der Waals surface area contributed by atoms with Crippen LogP contribution in [-0.4, -0.2) is 57.2 Å². The van der Waals surface area contributed by atoms with Gasteiger partial charge in [0.05, 0.1) is 16.8 Å². The standard InChI is InChI=1S/C21H25NO3S.C17H16N2.C17H17N.C12H12N2.C12H11N.C5H10O.C3H6O.C2H4O2.2ClH/c1-16-21(2,3)19-12-11-18(17-9-5-4-6-10-17)15-20(19)22(16)13-7-8-14-26-25-24-23;1-4-10-16(11-5-1)18-14-8-3-9-15-19-17-12-6-2-7-13-17;1-12-17(2,3)15-10-9-14(11-16(15)18-12)13-7-5-4-6-8-13;13-14-12-8-4-7-11(9-12)10-5-2-1-3-6-10;13-12-8-4-7-11(9-12)10-5-2-1-3-6-10;1-4(2)5(3)6;1-3(2)4;1-2(3)4;;/h4-6,9-12,15H,7-8,13-14H2,1-3H3;1-15,18H;4-11H,1-3H3;1-9,14H,13H2;1-9H,13H2;4H,1-3H3;1-2H3;1H3,(H,3,4);2*1H/b;9-3+,14-8+,19-15?;;;;;;;;/i;;;;;;1D;;;. The van der Waals surface area contributed by atoms with Gasteiger partial charge in [-0.2, -0.15) is 8.91 Å². The molecule has 0 atom stereocenters. The number of para-hydroxylation sites is 2. The van der Waals surface area contributed by atoms with E-state index in [2.05, 4.69) is 193 Å². The van der Waals surface area contributed by atoms with Crippen LogP contribution in [0.1, 0.15) is 108 Å². The van der Waals surface area contributed by atoms with Crippen LogP contribution >= 0.6 is 36.9 Å². The number of Topliss-reactive ketones (excluding diaryl/α,β-unsaturated/α-hetero) is 2. The maximum Gasteiger partial charge on any atom is 0.300 e. The van der Waals surface area contributed by atoms with Gasteiger partial charge >= 0.3 is 0 Å². The number of ketones is 2. The average molecular weight is 1490 g/mol. The van der Waals surface area contributed by atoms with Crippen LogP contribution in [0.3, 0.4) is 0 Å². The fraction of sp³-hybridized carbons (Fsp3) is 0.213. The maximum atomic E-state index is 10.1. The molecule has 12 rings (SSSR count). The van der Waals surface area contributed by atoms with Gasteiger partial charge in [0.15, 0.2) is 5.71 Å². The molecule has 2 aliphatic rings. The number of hydrogen-bond donors (Lipinski definition) is 5. The molecule has 0 saturated carbocycles. The second kappa shape index (κ2) is 48.6. The number of carbonyl (C=O) groups is 3. The average Bonchev–Trinajstić information content (AvgIpc) is 1.60. The van der Waals surface area contributed by atoms with Gasteiger partial charge in [-0.1, -0.05) is 240 Å². The SMILES string of the molecule is C(/C=C/C=C/Nc1ccccc1)=Nc1ccccc1.CC(=O)C(C)C.CC(=O)O.CC1=Nc2cc(-c3ccccc3)ccc2C1(C)C.CC1=[N+](CCCCSOO[O-])c2cc(-c3ccccc3)ccc2C1(C)C.Cl.Cl.NNc1cccc(-c2ccccc2)c1.Nc1cccc(-c2ccccc2)c1.[2H]CC(C)=O. The lowest BCUT2D eigenvalue weighted by molar-refractivity contribution is -0.777. The molecule has 556 valence electrons. The zero-order valence-corrected chi connectivity index (χ0v) is 65.0. The second-order valence-corrected chi connectivity index (χ2v) is 26.3. The molecule has 2 heterocycles. The van der Waals surface area contributed by atoms with Crippen LogP contribution in [0.15, 0.2) is 301 Å². The Labute approximate surface area is 646 Å².